The van der Waals surface area contributed by atoms with Crippen LogP contribution in [0.4, 0.5) is 19.0 Å². The Labute approximate surface area is 194 Å². The van der Waals surface area contributed by atoms with Crippen molar-refractivity contribution >= 4 is 17.3 Å². The average molecular weight is 468 g/mol. The molecule has 0 saturated heterocycles. The number of methoxy groups -OCH3 is 1. The molecule has 0 atom stereocenters. The van der Waals surface area contributed by atoms with Gasteiger partial charge in [0.05, 0.1) is 37.5 Å². The number of ether oxygens (including phenoxy) is 1. The number of aromatic nitrogens is 3. The van der Waals surface area contributed by atoms with Gasteiger partial charge in [-0.15, -0.1) is 0 Å². The van der Waals surface area contributed by atoms with Crippen LogP contribution >= 0.6 is 0 Å². The molecule has 176 valence electrons. The lowest BCUT2D eigenvalue weighted by Gasteiger charge is -2.29. The third kappa shape index (κ3) is 4.34. The van der Waals surface area contributed by atoms with Crippen LogP contribution in [0, 0.1) is 5.82 Å². The van der Waals surface area contributed by atoms with Gasteiger partial charge in [0.2, 0.25) is 5.92 Å². The molecule has 0 spiro atoms. The van der Waals surface area contributed by atoms with Crippen LogP contribution < -0.4 is 4.74 Å². The summed E-state index contributed by atoms with van der Waals surface area (Å²) in [5.74, 6) is -2.21. The highest BCUT2D eigenvalue weighted by Gasteiger charge is 2.37. The van der Waals surface area contributed by atoms with Crippen LogP contribution in [0.15, 0.2) is 47.8 Å². The molecule has 0 amide bonds. The fraction of sp³-hybridized carbons (Fsp3) is 0.360. The quantitative estimate of drug-likeness (QED) is 0.479. The second-order valence-corrected chi connectivity index (χ2v) is 8.78. The van der Waals surface area contributed by atoms with Crippen LogP contribution in [0.1, 0.15) is 54.1 Å². The number of hydrogen-bond donors (Lipinski definition) is 0. The second-order valence-electron chi connectivity index (χ2n) is 8.78. The Balaban J connectivity index is 1.48. The molecule has 0 radical (unpaired) electrons. The summed E-state index contributed by atoms with van der Waals surface area (Å²) in [5, 5.41) is 4.32. The number of halogens is 3. The molecule has 0 unspecified atom stereocenters. The number of fused-ring (bicyclic) bond motifs is 1. The summed E-state index contributed by atoms with van der Waals surface area (Å²) in [5.41, 5.74) is 3.15. The van der Waals surface area contributed by atoms with Crippen molar-refractivity contribution in [2.45, 2.75) is 50.5 Å². The van der Waals surface area contributed by atoms with Crippen molar-refractivity contribution in [3.63, 3.8) is 0 Å². The number of alkyl halides is 2. The Morgan fingerprint density at radius 1 is 1.12 bits per heavy atom. The van der Waals surface area contributed by atoms with Crippen molar-refractivity contribution in [3.05, 3.63) is 59.8 Å². The van der Waals surface area contributed by atoms with Gasteiger partial charge in [-0.25, -0.2) is 22.8 Å². The van der Waals surface area contributed by atoms with E-state index in [2.05, 4.69) is 10.1 Å². The first-order valence-corrected chi connectivity index (χ1v) is 11.2. The highest BCUT2D eigenvalue weighted by molar-refractivity contribution is 6.15. The fourth-order valence-corrected chi connectivity index (χ4v) is 4.66. The SMILES string of the molecule is COc1cncc(-c2ccc(F)cc2CC2=Nc3c(cnn3C3CCC(F)(F)CC3)C(=O)C2)c1. The first-order chi connectivity index (χ1) is 16.3. The predicted molar refractivity (Wildman–Crippen MR) is 121 cm³/mol. The van der Waals surface area contributed by atoms with E-state index in [9.17, 15) is 18.0 Å². The molecule has 0 bridgehead atoms. The lowest BCUT2D eigenvalue weighted by molar-refractivity contribution is -0.0448. The minimum absolute atomic E-state index is 0.0910. The number of carbonyl (C=O) groups excluding carboxylic acids is 1. The zero-order valence-corrected chi connectivity index (χ0v) is 18.6. The molecular weight excluding hydrogens is 445 g/mol. The summed E-state index contributed by atoms with van der Waals surface area (Å²) in [4.78, 5) is 21.7. The Morgan fingerprint density at radius 2 is 1.91 bits per heavy atom. The number of Topliss-reactive ketones (excluding diaryl/α,β-unsaturated/α-hetero) is 1. The van der Waals surface area contributed by atoms with Crippen molar-refractivity contribution in [2.75, 3.05) is 7.11 Å². The summed E-state index contributed by atoms with van der Waals surface area (Å²) in [7, 11) is 1.54. The topological polar surface area (TPSA) is 69.4 Å². The van der Waals surface area contributed by atoms with Crippen molar-refractivity contribution in [1.29, 1.82) is 0 Å². The van der Waals surface area contributed by atoms with E-state index in [1.807, 2.05) is 6.07 Å². The van der Waals surface area contributed by atoms with Gasteiger partial charge >= 0.3 is 0 Å². The number of aliphatic imine (C=N–C) groups is 1. The highest BCUT2D eigenvalue weighted by atomic mass is 19.3. The number of benzene rings is 1. The maximum atomic E-state index is 14.2. The number of ketones is 1. The van der Waals surface area contributed by atoms with Crippen LogP contribution in [0.2, 0.25) is 0 Å². The molecule has 1 aliphatic carbocycles. The van der Waals surface area contributed by atoms with Gasteiger partial charge in [-0.05, 0) is 42.2 Å². The van der Waals surface area contributed by atoms with E-state index in [4.69, 9.17) is 9.73 Å². The van der Waals surface area contributed by atoms with Crippen LogP contribution in [-0.4, -0.2) is 39.3 Å². The molecule has 2 aliphatic rings. The van der Waals surface area contributed by atoms with Crippen LogP contribution in [0.25, 0.3) is 11.1 Å². The number of carbonyl (C=O) groups is 1. The first kappa shape index (κ1) is 22.3. The molecule has 2 aromatic heterocycles. The summed E-state index contributed by atoms with van der Waals surface area (Å²) < 4.78 is 48.3. The normalized spacial score (nSPS) is 17.9. The second kappa shape index (κ2) is 8.70. The van der Waals surface area contributed by atoms with Gasteiger partial charge in [0, 0.05) is 36.7 Å². The third-order valence-corrected chi connectivity index (χ3v) is 6.45. The Bertz CT molecular complexity index is 1270. The molecule has 1 aliphatic heterocycles. The molecule has 0 N–H and O–H groups in total. The molecule has 9 heteroatoms. The monoisotopic (exact) mass is 468 g/mol. The van der Waals surface area contributed by atoms with Gasteiger partial charge in [-0.1, -0.05) is 6.07 Å². The minimum atomic E-state index is -2.66. The Hall–Kier alpha value is -3.49. The fourth-order valence-electron chi connectivity index (χ4n) is 4.66. The summed E-state index contributed by atoms with van der Waals surface area (Å²) in [6.07, 6.45) is 5.20. The molecule has 3 heterocycles. The van der Waals surface area contributed by atoms with Gasteiger partial charge in [-0.2, -0.15) is 5.10 Å². The summed E-state index contributed by atoms with van der Waals surface area (Å²) in [6, 6.07) is 6.05. The van der Waals surface area contributed by atoms with E-state index >= 15 is 0 Å². The van der Waals surface area contributed by atoms with Crippen molar-refractivity contribution in [3.8, 4) is 16.9 Å². The zero-order valence-electron chi connectivity index (χ0n) is 18.6. The Morgan fingerprint density at radius 3 is 2.68 bits per heavy atom. The van der Waals surface area contributed by atoms with Crippen molar-refractivity contribution in [2.24, 2.45) is 4.99 Å². The van der Waals surface area contributed by atoms with Gasteiger partial charge in [0.1, 0.15) is 11.6 Å². The van der Waals surface area contributed by atoms with E-state index in [-0.39, 0.29) is 50.4 Å². The lowest BCUT2D eigenvalue weighted by Crippen LogP contribution is -2.27. The molecule has 3 aromatic rings. The smallest absolute Gasteiger partial charge is 0.248 e. The molecular formula is C25H23F3N4O2. The van der Waals surface area contributed by atoms with E-state index in [1.165, 1.54) is 18.3 Å². The van der Waals surface area contributed by atoms with E-state index < -0.39 is 11.7 Å². The van der Waals surface area contributed by atoms with E-state index in [0.717, 1.165) is 11.1 Å². The Kier molecular flexibility index (Phi) is 5.71. The van der Waals surface area contributed by atoms with Gasteiger partial charge < -0.3 is 4.74 Å². The van der Waals surface area contributed by atoms with Crippen LogP contribution in [0.3, 0.4) is 0 Å². The number of hydrogen-bond acceptors (Lipinski definition) is 5. The van der Waals surface area contributed by atoms with Gasteiger partial charge in [-0.3, -0.25) is 9.78 Å². The number of nitrogens with zero attached hydrogens (tertiary/aromatic N) is 4. The van der Waals surface area contributed by atoms with Gasteiger partial charge in [0.15, 0.2) is 11.6 Å². The van der Waals surface area contributed by atoms with Crippen LogP contribution in [-0.2, 0) is 6.42 Å². The molecule has 5 rings (SSSR count). The molecule has 1 saturated carbocycles. The standard InChI is InChI=1S/C25H23F3N4O2/c1-34-20-10-16(12-29-13-20)21-3-2-17(26)8-15(21)9-18-11-23(33)22-14-30-32(24(22)31-18)19-4-6-25(27,28)7-5-19/h2-3,8,10,12-14,19H,4-7,9,11H2,1H3. The van der Waals surface area contributed by atoms with E-state index in [0.29, 0.717) is 28.4 Å². The maximum Gasteiger partial charge on any atom is 0.248 e. The summed E-state index contributed by atoms with van der Waals surface area (Å²) >= 11 is 0. The summed E-state index contributed by atoms with van der Waals surface area (Å²) in [6.45, 7) is 0. The molecule has 6 nitrogen and oxygen atoms in total. The van der Waals surface area contributed by atoms with E-state index in [1.54, 1.807) is 30.3 Å². The highest BCUT2D eigenvalue weighted by Crippen LogP contribution is 2.41. The predicted octanol–water partition coefficient (Wildman–Crippen LogP) is 5.74. The largest absolute Gasteiger partial charge is 0.495 e. The number of pyridine rings is 1. The van der Waals surface area contributed by atoms with Gasteiger partial charge in [0.25, 0.3) is 0 Å². The minimum Gasteiger partial charge on any atom is -0.495 e. The molecule has 1 fully saturated rings. The number of rotatable bonds is 5. The lowest BCUT2D eigenvalue weighted by atomic mass is 9.92. The molecule has 1 aromatic carbocycles. The molecule has 34 heavy (non-hydrogen) atoms. The van der Waals surface area contributed by atoms with Crippen LogP contribution in [0.5, 0.6) is 5.75 Å². The zero-order chi connectivity index (χ0) is 23.9. The van der Waals surface area contributed by atoms with Crippen molar-refractivity contribution < 1.29 is 22.7 Å². The maximum absolute atomic E-state index is 14.2. The first-order valence-electron chi connectivity index (χ1n) is 11.2. The average Bonchev–Trinajstić information content (AvgIpc) is 3.24. The third-order valence-electron chi connectivity index (χ3n) is 6.45. The van der Waals surface area contributed by atoms with Crippen molar-refractivity contribution in [1.82, 2.24) is 14.8 Å².